The number of carboxylic acids is 1. The fraction of sp³-hybridized carbons (Fsp3) is 0.227. The number of thiazole rings is 1. The van der Waals surface area contributed by atoms with E-state index in [1.807, 2.05) is 6.92 Å². The minimum Gasteiger partial charge on any atom is -0.486 e. The summed E-state index contributed by atoms with van der Waals surface area (Å²) in [5.41, 5.74) is 2.29. The van der Waals surface area contributed by atoms with Gasteiger partial charge in [0.15, 0.2) is 11.1 Å². The van der Waals surface area contributed by atoms with Gasteiger partial charge in [0.25, 0.3) is 0 Å². The summed E-state index contributed by atoms with van der Waals surface area (Å²) >= 11 is 1.33. The van der Waals surface area contributed by atoms with Gasteiger partial charge in [-0.3, -0.25) is 4.79 Å². The Labute approximate surface area is 184 Å². The maximum Gasteiger partial charge on any atom is 0.416 e. The molecule has 32 heavy (non-hydrogen) atoms. The van der Waals surface area contributed by atoms with E-state index >= 15 is 0 Å². The van der Waals surface area contributed by atoms with Crippen LogP contribution in [0.3, 0.4) is 0 Å². The van der Waals surface area contributed by atoms with Crippen molar-refractivity contribution in [2.75, 3.05) is 0 Å². The molecule has 0 saturated heterocycles. The normalized spacial score (nSPS) is 11.8. The highest BCUT2D eigenvalue weighted by Crippen LogP contribution is 2.34. The molecule has 0 bridgehead atoms. The Morgan fingerprint density at radius 1 is 1.12 bits per heavy atom. The molecule has 0 saturated carbocycles. The van der Waals surface area contributed by atoms with Crippen LogP contribution in [-0.2, 0) is 24.0 Å². The number of rotatable bonds is 6. The molecule has 0 aliphatic rings. The number of benzene rings is 2. The molecule has 10 heteroatoms. The summed E-state index contributed by atoms with van der Waals surface area (Å²) in [5.74, 6) is -0.521. The van der Waals surface area contributed by atoms with Crippen LogP contribution in [0.2, 0.25) is 0 Å². The number of hydrogen-bond acceptors (Lipinski definition) is 6. The number of ether oxygens (including phenoxy) is 1. The quantitative estimate of drug-likeness (QED) is 0.390. The summed E-state index contributed by atoms with van der Waals surface area (Å²) in [4.78, 5) is 20.5. The molecule has 0 fully saturated rings. The molecule has 0 amide bonds. The number of fused-ring (bicyclic) bond motifs is 1. The summed E-state index contributed by atoms with van der Waals surface area (Å²) in [7, 11) is 0. The van der Waals surface area contributed by atoms with E-state index < -0.39 is 17.7 Å². The van der Waals surface area contributed by atoms with Gasteiger partial charge in [-0.15, -0.1) is 11.3 Å². The summed E-state index contributed by atoms with van der Waals surface area (Å²) in [5, 5.41) is 9.56. The molecule has 0 radical (unpaired) electrons. The lowest BCUT2D eigenvalue weighted by Crippen LogP contribution is -2.03. The lowest BCUT2D eigenvalue weighted by atomic mass is 10.1. The number of aromatic nitrogens is 2. The molecule has 4 aromatic rings. The minimum absolute atomic E-state index is 0.0882. The van der Waals surface area contributed by atoms with E-state index in [0.29, 0.717) is 33.1 Å². The van der Waals surface area contributed by atoms with E-state index in [0.717, 1.165) is 22.6 Å². The standard InChI is InChI=1S/C22H17F3N2O4S/c1-11-3-8-15(19-20(11)31-17(27-19)9-18(28)29)30-10-16-12(2)26-21(32-16)13-4-6-14(7-5-13)22(23,24)25/h3-8H,9-10H2,1-2H3,(H,28,29). The molecule has 2 aromatic heterocycles. The lowest BCUT2D eigenvalue weighted by Gasteiger charge is -2.06. The molecule has 0 atom stereocenters. The first-order valence-corrected chi connectivity index (χ1v) is 10.3. The van der Waals surface area contributed by atoms with E-state index in [4.69, 9.17) is 14.3 Å². The number of hydrogen-bond donors (Lipinski definition) is 1. The third-order valence-electron chi connectivity index (χ3n) is 4.76. The molecule has 4 rings (SSSR count). The molecule has 166 valence electrons. The highest BCUT2D eigenvalue weighted by Gasteiger charge is 2.30. The second kappa shape index (κ2) is 8.27. The molecular formula is C22H17F3N2O4S. The van der Waals surface area contributed by atoms with Crippen molar-refractivity contribution >= 4 is 28.4 Å². The van der Waals surface area contributed by atoms with Crippen molar-refractivity contribution in [1.82, 2.24) is 9.97 Å². The van der Waals surface area contributed by atoms with E-state index in [1.54, 1.807) is 19.1 Å². The van der Waals surface area contributed by atoms with Crippen LogP contribution in [0, 0.1) is 13.8 Å². The van der Waals surface area contributed by atoms with Crippen molar-refractivity contribution in [2.24, 2.45) is 0 Å². The van der Waals surface area contributed by atoms with Gasteiger partial charge in [0.05, 0.1) is 16.1 Å². The van der Waals surface area contributed by atoms with Gasteiger partial charge in [-0.05, 0) is 37.6 Å². The fourth-order valence-electron chi connectivity index (χ4n) is 3.11. The van der Waals surface area contributed by atoms with Gasteiger partial charge in [-0.2, -0.15) is 13.2 Å². The Morgan fingerprint density at radius 3 is 2.50 bits per heavy atom. The van der Waals surface area contributed by atoms with Crippen molar-refractivity contribution < 1.29 is 32.2 Å². The zero-order chi connectivity index (χ0) is 23.0. The molecule has 0 aliphatic heterocycles. The molecule has 0 unspecified atom stereocenters. The first-order valence-electron chi connectivity index (χ1n) is 9.49. The van der Waals surface area contributed by atoms with Crippen LogP contribution in [0.15, 0.2) is 40.8 Å². The molecule has 6 nitrogen and oxygen atoms in total. The van der Waals surface area contributed by atoms with Gasteiger partial charge in [-0.25, -0.2) is 9.97 Å². The maximum atomic E-state index is 12.8. The highest BCUT2D eigenvalue weighted by atomic mass is 32.1. The third kappa shape index (κ3) is 4.45. The van der Waals surface area contributed by atoms with Crippen molar-refractivity contribution in [1.29, 1.82) is 0 Å². The number of aliphatic carboxylic acids is 1. The Hall–Kier alpha value is -3.40. The van der Waals surface area contributed by atoms with Crippen LogP contribution in [-0.4, -0.2) is 21.0 Å². The zero-order valence-electron chi connectivity index (χ0n) is 17.0. The number of oxazole rings is 1. The average Bonchev–Trinajstić information content (AvgIpc) is 3.31. The van der Waals surface area contributed by atoms with Gasteiger partial charge in [0.2, 0.25) is 5.89 Å². The fourth-order valence-corrected chi connectivity index (χ4v) is 4.09. The first kappa shape index (κ1) is 21.8. The summed E-state index contributed by atoms with van der Waals surface area (Å²) in [6.07, 6.45) is -4.72. The van der Waals surface area contributed by atoms with Crippen LogP contribution >= 0.6 is 11.3 Å². The lowest BCUT2D eigenvalue weighted by molar-refractivity contribution is -0.138. The van der Waals surface area contributed by atoms with Crippen molar-refractivity contribution in [3.8, 4) is 16.3 Å². The number of aryl methyl sites for hydroxylation is 2. The minimum atomic E-state index is -4.39. The van der Waals surface area contributed by atoms with Crippen molar-refractivity contribution in [3.63, 3.8) is 0 Å². The monoisotopic (exact) mass is 462 g/mol. The number of halogens is 3. The summed E-state index contributed by atoms with van der Waals surface area (Å²) < 4.78 is 49.8. The molecular weight excluding hydrogens is 445 g/mol. The Morgan fingerprint density at radius 2 is 1.84 bits per heavy atom. The van der Waals surface area contributed by atoms with Gasteiger partial charge in [0, 0.05) is 5.56 Å². The largest absolute Gasteiger partial charge is 0.486 e. The predicted molar refractivity (Wildman–Crippen MR) is 112 cm³/mol. The summed E-state index contributed by atoms with van der Waals surface area (Å²) in [6.45, 7) is 3.80. The smallest absolute Gasteiger partial charge is 0.416 e. The van der Waals surface area contributed by atoms with Crippen LogP contribution < -0.4 is 4.74 Å². The number of nitrogens with zero attached hydrogens (tertiary/aromatic N) is 2. The first-order chi connectivity index (χ1) is 15.1. The number of carbonyl (C=O) groups is 1. The molecule has 2 aromatic carbocycles. The zero-order valence-corrected chi connectivity index (χ0v) is 17.8. The van der Waals surface area contributed by atoms with Crippen LogP contribution in [0.1, 0.15) is 27.6 Å². The van der Waals surface area contributed by atoms with Crippen LogP contribution in [0.5, 0.6) is 5.75 Å². The van der Waals surface area contributed by atoms with E-state index in [9.17, 15) is 18.0 Å². The van der Waals surface area contributed by atoms with Gasteiger partial charge < -0.3 is 14.3 Å². The summed E-state index contributed by atoms with van der Waals surface area (Å²) in [6, 6.07) is 8.39. The topological polar surface area (TPSA) is 85.5 Å². The molecule has 0 aliphatic carbocycles. The van der Waals surface area contributed by atoms with Gasteiger partial charge in [-0.1, -0.05) is 18.2 Å². The second-order valence-electron chi connectivity index (χ2n) is 7.13. The second-order valence-corrected chi connectivity index (χ2v) is 8.21. The Kier molecular flexibility index (Phi) is 5.64. The molecule has 0 spiro atoms. The number of carboxylic acid groups (broad SMARTS) is 1. The average molecular weight is 462 g/mol. The Bertz CT molecular complexity index is 1290. The van der Waals surface area contributed by atoms with Crippen LogP contribution in [0.25, 0.3) is 21.7 Å². The van der Waals surface area contributed by atoms with Crippen LogP contribution in [0.4, 0.5) is 13.2 Å². The SMILES string of the molecule is Cc1nc(-c2ccc(C(F)(F)F)cc2)sc1COc1ccc(C)c2oc(CC(=O)O)nc12. The molecule has 2 heterocycles. The predicted octanol–water partition coefficient (Wildman–Crippen LogP) is 5.79. The van der Waals surface area contributed by atoms with E-state index in [-0.39, 0.29) is 18.9 Å². The van der Waals surface area contributed by atoms with E-state index in [2.05, 4.69) is 9.97 Å². The van der Waals surface area contributed by atoms with Crippen molar-refractivity contribution in [3.05, 3.63) is 64.0 Å². The highest BCUT2D eigenvalue weighted by molar-refractivity contribution is 7.15. The van der Waals surface area contributed by atoms with Crippen molar-refractivity contribution in [2.45, 2.75) is 33.1 Å². The number of alkyl halides is 3. The Balaban J connectivity index is 1.55. The van der Waals surface area contributed by atoms with E-state index in [1.165, 1.54) is 23.5 Å². The third-order valence-corrected chi connectivity index (χ3v) is 5.94. The maximum absolute atomic E-state index is 12.8. The van der Waals surface area contributed by atoms with Gasteiger partial charge >= 0.3 is 12.1 Å². The molecule has 1 N–H and O–H groups in total. The van der Waals surface area contributed by atoms with Gasteiger partial charge in [0.1, 0.15) is 23.8 Å².